The number of ether oxygens (including phenoxy) is 3. The van der Waals surface area contributed by atoms with E-state index in [0.29, 0.717) is 6.61 Å². The second-order valence-electron chi connectivity index (χ2n) is 7.63. The maximum absolute atomic E-state index is 9.10. The summed E-state index contributed by atoms with van der Waals surface area (Å²) in [5, 5.41) is 14.8. The zero-order chi connectivity index (χ0) is 25.3. The molecule has 8 nitrogen and oxygen atoms in total. The Morgan fingerprint density at radius 1 is 0.765 bits per heavy atom. The van der Waals surface area contributed by atoms with Crippen LogP contribution in [0.2, 0.25) is 0 Å². The van der Waals surface area contributed by atoms with E-state index in [0.717, 1.165) is 49.7 Å². The fraction of sp³-hybridized carbons (Fsp3) is 0.462. The number of hydrogen-bond acceptors (Lipinski definition) is 6. The first-order valence-corrected chi connectivity index (χ1v) is 11.5. The minimum absolute atomic E-state index is 0.615. The Balaban J connectivity index is 0.000000852. The van der Waals surface area contributed by atoms with Crippen LogP contribution in [0.1, 0.15) is 37.8 Å². The van der Waals surface area contributed by atoms with Crippen molar-refractivity contribution in [3.63, 3.8) is 0 Å². The minimum Gasteiger partial charge on any atom is -0.497 e. The number of carboxylic acid groups (broad SMARTS) is 2. The molecule has 0 saturated carbocycles. The average molecular weight is 476 g/mol. The van der Waals surface area contributed by atoms with Gasteiger partial charge < -0.3 is 29.3 Å². The number of nitrogens with zero attached hydrogens (tertiary/aromatic N) is 1. The highest BCUT2D eigenvalue weighted by Gasteiger charge is 2.09. The zero-order valence-electron chi connectivity index (χ0n) is 20.6. The van der Waals surface area contributed by atoms with Crippen molar-refractivity contribution in [1.29, 1.82) is 0 Å². The molecule has 0 saturated heterocycles. The van der Waals surface area contributed by atoms with Gasteiger partial charge in [-0.3, -0.25) is 0 Å². The first-order chi connectivity index (χ1) is 16.3. The van der Waals surface area contributed by atoms with Gasteiger partial charge in [-0.1, -0.05) is 32.0 Å². The van der Waals surface area contributed by atoms with Crippen LogP contribution in [0.5, 0.6) is 17.2 Å². The highest BCUT2D eigenvalue weighted by Crippen LogP contribution is 2.28. The van der Waals surface area contributed by atoms with Crippen molar-refractivity contribution in [2.45, 2.75) is 39.5 Å². The Labute approximate surface area is 202 Å². The zero-order valence-corrected chi connectivity index (χ0v) is 20.6. The third-order valence-corrected chi connectivity index (χ3v) is 5.01. The van der Waals surface area contributed by atoms with Gasteiger partial charge in [0.05, 0.1) is 20.8 Å². The van der Waals surface area contributed by atoms with Crippen molar-refractivity contribution in [1.82, 2.24) is 4.90 Å². The predicted molar refractivity (Wildman–Crippen MR) is 131 cm³/mol. The molecule has 0 radical (unpaired) electrons. The molecule has 0 aliphatic rings. The molecule has 2 rings (SSSR count). The summed E-state index contributed by atoms with van der Waals surface area (Å²) in [6.45, 7) is 8.50. The Hall–Kier alpha value is -3.26. The number of carbonyl (C=O) groups is 2. The van der Waals surface area contributed by atoms with Gasteiger partial charge in [-0.15, -0.1) is 0 Å². The summed E-state index contributed by atoms with van der Waals surface area (Å²) in [5.41, 5.74) is 2.52. The molecule has 0 spiro atoms. The number of rotatable bonds is 13. The van der Waals surface area contributed by atoms with Gasteiger partial charge in [0.1, 0.15) is 5.75 Å². The van der Waals surface area contributed by atoms with Gasteiger partial charge in [-0.25, -0.2) is 9.59 Å². The lowest BCUT2D eigenvalue weighted by atomic mass is 10.1. The summed E-state index contributed by atoms with van der Waals surface area (Å²) < 4.78 is 16.8. The van der Waals surface area contributed by atoms with Gasteiger partial charge in [-0.2, -0.15) is 0 Å². The van der Waals surface area contributed by atoms with Crippen molar-refractivity contribution in [2.75, 3.05) is 40.5 Å². The largest absolute Gasteiger partial charge is 0.497 e. The van der Waals surface area contributed by atoms with Crippen molar-refractivity contribution in [2.24, 2.45) is 0 Å². The van der Waals surface area contributed by atoms with Crippen LogP contribution >= 0.6 is 0 Å². The van der Waals surface area contributed by atoms with E-state index in [1.807, 2.05) is 18.2 Å². The molecule has 0 aromatic heterocycles. The number of carboxylic acids is 2. The number of aliphatic carboxylic acids is 2. The van der Waals surface area contributed by atoms with Crippen LogP contribution in [0, 0.1) is 0 Å². The van der Waals surface area contributed by atoms with Crippen LogP contribution in [0.4, 0.5) is 0 Å². The molecule has 2 aromatic rings. The maximum Gasteiger partial charge on any atom is 0.414 e. The van der Waals surface area contributed by atoms with Crippen LogP contribution in [-0.2, 0) is 22.4 Å². The summed E-state index contributed by atoms with van der Waals surface area (Å²) in [7, 11) is 3.37. The molecule has 2 aromatic carbocycles. The molecule has 8 heteroatoms. The van der Waals surface area contributed by atoms with Gasteiger partial charge in [0.2, 0.25) is 0 Å². The Morgan fingerprint density at radius 3 is 1.85 bits per heavy atom. The van der Waals surface area contributed by atoms with E-state index in [9.17, 15) is 0 Å². The molecule has 0 amide bonds. The number of methoxy groups -OCH3 is 2. The Kier molecular flexibility index (Phi) is 13.9. The molecule has 188 valence electrons. The van der Waals surface area contributed by atoms with Gasteiger partial charge in [0.25, 0.3) is 0 Å². The van der Waals surface area contributed by atoms with Crippen molar-refractivity contribution in [3.05, 3.63) is 53.6 Å². The Morgan fingerprint density at radius 2 is 1.35 bits per heavy atom. The van der Waals surface area contributed by atoms with Gasteiger partial charge in [-0.05, 0) is 67.7 Å². The van der Waals surface area contributed by atoms with Gasteiger partial charge >= 0.3 is 11.9 Å². The first-order valence-electron chi connectivity index (χ1n) is 11.5. The van der Waals surface area contributed by atoms with E-state index in [4.69, 9.17) is 34.0 Å². The topological polar surface area (TPSA) is 106 Å². The standard InChI is InChI=1S/C24H35NO3.C2H2O4/c1-5-15-25(16-6-2)17-13-21-9-12-23(27-4)24(19-21)28-18-14-20-7-10-22(26-3)11-8-20;3-1(4)2(5)6/h7-12,19H,5-6,13-18H2,1-4H3;(H,3,4)(H,5,6). The third kappa shape index (κ3) is 11.0. The molecule has 0 aliphatic heterocycles. The lowest BCUT2D eigenvalue weighted by molar-refractivity contribution is -0.159. The molecule has 0 aliphatic carbocycles. The van der Waals surface area contributed by atoms with Crippen molar-refractivity contribution < 1.29 is 34.0 Å². The molecular formula is C26H37NO7. The predicted octanol–water partition coefficient (Wildman–Crippen LogP) is 4.15. The highest BCUT2D eigenvalue weighted by molar-refractivity contribution is 6.27. The van der Waals surface area contributed by atoms with E-state index in [1.165, 1.54) is 24.0 Å². The fourth-order valence-electron chi connectivity index (χ4n) is 3.32. The molecule has 0 atom stereocenters. The second kappa shape index (κ2) is 16.4. The van der Waals surface area contributed by atoms with E-state index < -0.39 is 11.9 Å². The molecule has 0 heterocycles. The minimum atomic E-state index is -1.82. The molecule has 0 unspecified atom stereocenters. The summed E-state index contributed by atoms with van der Waals surface area (Å²) in [6.07, 6.45) is 4.27. The molecule has 34 heavy (non-hydrogen) atoms. The van der Waals surface area contributed by atoms with Crippen LogP contribution in [-0.4, -0.2) is 67.5 Å². The molecule has 0 fully saturated rings. The maximum atomic E-state index is 9.10. The number of benzene rings is 2. The SMILES string of the molecule is CCCN(CCC)CCc1ccc(OC)c(OCCc2ccc(OC)cc2)c1.O=C(O)C(=O)O. The first kappa shape index (κ1) is 28.8. The lowest BCUT2D eigenvalue weighted by Crippen LogP contribution is -2.27. The van der Waals surface area contributed by atoms with Crippen molar-refractivity contribution >= 4 is 11.9 Å². The normalized spacial score (nSPS) is 10.3. The lowest BCUT2D eigenvalue weighted by Gasteiger charge is -2.21. The van der Waals surface area contributed by atoms with E-state index in [-0.39, 0.29) is 0 Å². The monoisotopic (exact) mass is 475 g/mol. The van der Waals surface area contributed by atoms with Gasteiger partial charge in [0, 0.05) is 13.0 Å². The second-order valence-corrected chi connectivity index (χ2v) is 7.63. The van der Waals surface area contributed by atoms with E-state index in [2.05, 4.69) is 43.0 Å². The third-order valence-electron chi connectivity index (χ3n) is 5.01. The van der Waals surface area contributed by atoms with E-state index >= 15 is 0 Å². The van der Waals surface area contributed by atoms with Crippen LogP contribution in [0.3, 0.4) is 0 Å². The molecule has 2 N–H and O–H groups in total. The van der Waals surface area contributed by atoms with Crippen LogP contribution in [0.25, 0.3) is 0 Å². The van der Waals surface area contributed by atoms with Crippen LogP contribution < -0.4 is 14.2 Å². The summed E-state index contributed by atoms with van der Waals surface area (Å²) in [6, 6.07) is 14.4. The molecular weight excluding hydrogens is 438 g/mol. The number of hydrogen-bond donors (Lipinski definition) is 2. The Bertz CT molecular complexity index is 850. The van der Waals surface area contributed by atoms with Crippen molar-refractivity contribution in [3.8, 4) is 17.2 Å². The van der Waals surface area contributed by atoms with Gasteiger partial charge in [0.15, 0.2) is 11.5 Å². The summed E-state index contributed by atoms with van der Waals surface area (Å²) in [4.78, 5) is 20.7. The summed E-state index contributed by atoms with van der Waals surface area (Å²) in [5.74, 6) is -1.16. The quantitative estimate of drug-likeness (QED) is 0.416. The molecule has 0 bridgehead atoms. The van der Waals surface area contributed by atoms with E-state index in [1.54, 1.807) is 14.2 Å². The highest BCUT2D eigenvalue weighted by atomic mass is 16.5. The fourth-order valence-corrected chi connectivity index (χ4v) is 3.32. The average Bonchev–Trinajstić information content (AvgIpc) is 2.83. The smallest absolute Gasteiger partial charge is 0.414 e. The summed E-state index contributed by atoms with van der Waals surface area (Å²) >= 11 is 0. The van der Waals surface area contributed by atoms with Crippen LogP contribution in [0.15, 0.2) is 42.5 Å².